The summed E-state index contributed by atoms with van der Waals surface area (Å²) in [5.41, 5.74) is 1.37. The number of fused-ring (bicyclic) bond motifs is 1. The molecule has 2 aromatic rings. The molecule has 1 atom stereocenters. The van der Waals surface area contributed by atoms with Crippen LogP contribution in [0.1, 0.15) is 20.3 Å². The number of carbonyl (C=O) groups is 3. The van der Waals surface area contributed by atoms with Gasteiger partial charge in [-0.05, 0) is 31.5 Å². The minimum atomic E-state index is -1.05. The van der Waals surface area contributed by atoms with Crippen LogP contribution < -0.4 is 16.3 Å². The van der Waals surface area contributed by atoms with Gasteiger partial charge in [-0.15, -0.1) is 6.58 Å². The van der Waals surface area contributed by atoms with Gasteiger partial charge >= 0.3 is 6.03 Å². The molecule has 1 aromatic heterocycles. The van der Waals surface area contributed by atoms with Gasteiger partial charge in [0, 0.05) is 11.6 Å². The van der Waals surface area contributed by atoms with Gasteiger partial charge in [-0.1, -0.05) is 36.4 Å². The lowest BCUT2D eigenvalue weighted by molar-refractivity contribution is -0.137. The van der Waals surface area contributed by atoms with Crippen molar-refractivity contribution in [2.75, 3.05) is 5.75 Å². The molecule has 1 unspecified atom stereocenters. The molecule has 1 aromatic carbocycles. The number of hydrogen-bond donors (Lipinski definition) is 2. The van der Waals surface area contributed by atoms with Gasteiger partial charge in [0.1, 0.15) is 5.54 Å². The average molecular weight is 450 g/mol. The van der Waals surface area contributed by atoms with Gasteiger partial charge < -0.3 is 5.32 Å². The van der Waals surface area contributed by atoms with Crippen LogP contribution in [0.2, 0.25) is 5.02 Å². The summed E-state index contributed by atoms with van der Waals surface area (Å²) in [5.74, 6) is -1.29. The highest BCUT2D eigenvalue weighted by atomic mass is 35.5. The molecule has 1 fully saturated rings. The number of carbonyl (C=O) groups excluding carboxylic acids is 3. The molecule has 0 saturated carbocycles. The van der Waals surface area contributed by atoms with Crippen LogP contribution in [-0.2, 0) is 16.1 Å². The van der Waals surface area contributed by atoms with Crippen molar-refractivity contribution in [2.24, 2.45) is 0 Å². The lowest BCUT2D eigenvalue weighted by atomic mass is 10.00. The fourth-order valence-corrected chi connectivity index (χ4v) is 3.85. The van der Waals surface area contributed by atoms with Crippen molar-refractivity contribution >= 4 is 52.1 Å². The average Bonchev–Trinajstić information content (AvgIpc) is 2.92. The number of nitrogens with one attached hydrogen (secondary N) is 2. The number of imide groups is 1. The molecule has 0 spiro atoms. The predicted octanol–water partition coefficient (Wildman–Crippen LogP) is 2.08. The molecule has 1 saturated heterocycles. The molecule has 0 aliphatic carbocycles. The topological polar surface area (TPSA) is 113 Å². The van der Waals surface area contributed by atoms with E-state index in [2.05, 4.69) is 22.3 Å². The SMILES string of the molecule is C=CCn1c(SCC(=O)NN2C(=O)NC(C)(CC)C2=O)nc2cc(Cl)ccc2c1=O. The summed E-state index contributed by atoms with van der Waals surface area (Å²) in [4.78, 5) is 54.0. The Bertz CT molecular complexity index is 1120. The number of thioether (sulfide) groups is 1. The van der Waals surface area contributed by atoms with Crippen LogP contribution in [0.15, 0.2) is 40.8 Å². The minimum Gasteiger partial charge on any atom is -0.322 e. The molecule has 2 heterocycles. The van der Waals surface area contributed by atoms with Gasteiger partial charge in [0.05, 0.1) is 16.7 Å². The molecule has 158 valence electrons. The number of urea groups is 1. The largest absolute Gasteiger partial charge is 0.344 e. The lowest BCUT2D eigenvalue weighted by Gasteiger charge is -2.19. The first-order valence-electron chi connectivity index (χ1n) is 9.10. The summed E-state index contributed by atoms with van der Waals surface area (Å²) in [5, 5.41) is 4.35. The maximum atomic E-state index is 12.8. The quantitative estimate of drug-likeness (QED) is 0.289. The van der Waals surface area contributed by atoms with Crippen molar-refractivity contribution in [1.82, 2.24) is 25.3 Å². The first kappa shape index (κ1) is 21.8. The van der Waals surface area contributed by atoms with Crippen LogP contribution in [0.3, 0.4) is 0 Å². The van der Waals surface area contributed by atoms with Crippen LogP contribution in [0, 0.1) is 0 Å². The van der Waals surface area contributed by atoms with E-state index in [0.29, 0.717) is 32.5 Å². The monoisotopic (exact) mass is 449 g/mol. The van der Waals surface area contributed by atoms with Crippen molar-refractivity contribution in [2.45, 2.75) is 37.5 Å². The van der Waals surface area contributed by atoms with Crippen LogP contribution in [0.25, 0.3) is 10.9 Å². The van der Waals surface area contributed by atoms with E-state index in [9.17, 15) is 19.2 Å². The van der Waals surface area contributed by atoms with E-state index in [1.807, 2.05) is 0 Å². The summed E-state index contributed by atoms with van der Waals surface area (Å²) in [6.45, 7) is 7.20. The highest BCUT2D eigenvalue weighted by Crippen LogP contribution is 2.22. The maximum Gasteiger partial charge on any atom is 0.344 e. The number of allylic oxidation sites excluding steroid dienone is 1. The van der Waals surface area contributed by atoms with E-state index in [1.165, 1.54) is 4.57 Å². The third-order valence-electron chi connectivity index (χ3n) is 4.73. The molecule has 9 nitrogen and oxygen atoms in total. The Morgan fingerprint density at radius 1 is 1.40 bits per heavy atom. The van der Waals surface area contributed by atoms with Gasteiger partial charge in [0.15, 0.2) is 5.16 Å². The second kappa shape index (κ2) is 8.49. The number of aromatic nitrogens is 2. The van der Waals surface area contributed by atoms with Crippen LogP contribution >= 0.6 is 23.4 Å². The molecule has 30 heavy (non-hydrogen) atoms. The van der Waals surface area contributed by atoms with Crippen LogP contribution in [-0.4, -0.2) is 43.7 Å². The van der Waals surface area contributed by atoms with E-state index < -0.39 is 23.4 Å². The Balaban J connectivity index is 1.79. The minimum absolute atomic E-state index is 0.171. The fraction of sp³-hybridized carbons (Fsp3) is 0.316. The number of hydrazine groups is 1. The normalized spacial score (nSPS) is 18.6. The first-order valence-corrected chi connectivity index (χ1v) is 10.5. The molecule has 3 rings (SSSR count). The molecule has 0 bridgehead atoms. The first-order chi connectivity index (χ1) is 14.2. The van der Waals surface area contributed by atoms with Gasteiger partial charge in [-0.2, -0.15) is 5.01 Å². The molecule has 4 amide bonds. The zero-order valence-corrected chi connectivity index (χ0v) is 18.0. The molecule has 0 radical (unpaired) electrons. The van der Waals surface area contributed by atoms with Crippen LogP contribution in [0.5, 0.6) is 0 Å². The lowest BCUT2D eigenvalue weighted by Crippen LogP contribution is -2.49. The Kier molecular flexibility index (Phi) is 6.18. The number of hydrogen-bond acceptors (Lipinski definition) is 6. The zero-order valence-electron chi connectivity index (χ0n) is 16.4. The number of rotatable bonds is 7. The molecule has 1 aliphatic rings. The summed E-state index contributed by atoms with van der Waals surface area (Å²) >= 11 is 7.00. The summed E-state index contributed by atoms with van der Waals surface area (Å²) in [6, 6.07) is 4.08. The summed E-state index contributed by atoms with van der Waals surface area (Å²) in [6.07, 6.45) is 1.93. The van der Waals surface area contributed by atoms with Crippen LogP contribution in [0.4, 0.5) is 4.79 Å². The fourth-order valence-electron chi connectivity index (χ4n) is 2.89. The number of benzene rings is 1. The van der Waals surface area contributed by atoms with Gasteiger partial charge in [0.2, 0.25) is 5.91 Å². The molecular weight excluding hydrogens is 430 g/mol. The molecular formula is C19H20ClN5O4S. The number of halogens is 1. The van der Waals surface area contributed by atoms with E-state index in [4.69, 9.17) is 11.6 Å². The molecule has 1 aliphatic heterocycles. The smallest absolute Gasteiger partial charge is 0.322 e. The Hall–Kier alpha value is -2.85. The van der Waals surface area contributed by atoms with Crippen molar-refractivity contribution in [3.05, 3.63) is 46.2 Å². The Morgan fingerprint density at radius 2 is 2.13 bits per heavy atom. The molecule has 11 heteroatoms. The van der Waals surface area contributed by atoms with E-state index in [1.54, 1.807) is 38.1 Å². The van der Waals surface area contributed by atoms with Crippen molar-refractivity contribution in [3.63, 3.8) is 0 Å². The maximum absolute atomic E-state index is 12.8. The van der Waals surface area contributed by atoms with Gasteiger partial charge in [-0.3, -0.25) is 24.4 Å². The van der Waals surface area contributed by atoms with Crippen molar-refractivity contribution < 1.29 is 14.4 Å². The third kappa shape index (κ3) is 4.05. The Morgan fingerprint density at radius 3 is 2.77 bits per heavy atom. The van der Waals surface area contributed by atoms with Crippen molar-refractivity contribution in [1.29, 1.82) is 0 Å². The van der Waals surface area contributed by atoms with E-state index >= 15 is 0 Å². The number of nitrogens with zero attached hydrogens (tertiary/aromatic N) is 3. The molecule has 2 N–H and O–H groups in total. The Labute approximate surface area is 181 Å². The zero-order chi connectivity index (χ0) is 22.1. The number of amides is 4. The van der Waals surface area contributed by atoms with Gasteiger partial charge in [0.25, 0.3) is 11.5 Å². The van der Waals surface area contributed by atoms with Gasteiger partial charge in [-0.25, -0.2) is 9.78 Å². The predicted molar refractivity (Wildman–Crippen MR) is 114 cm³/mol. The highest BCUT2D eigenvalue weighted by Gasteiger charge is 2.47. The van der Waals surface area contributed by atoms with E-state index in [0.717, 1.165) is 11.8 Å². The second-order valence-corrected chi connectivity index (χ2v) is 8.22. The van der Waals surface area contributed by atoms with E-state index in [-0.39, 0.29) is 17.9 Å². The summed E-state index contributed by atoms with van der Waals surface area (Å²) < 4.78 is 1.39. The standard InChI is InChI=1S/C19H20ClN5O4S/c1-4-8-24-15(27)12-7-6-11(20)9-13(12)21-18(24)30-10-14(26)23-25-16(28)19(3,5-2)22-17(25)29/h4,6-7,9H,1,5,8,10H2,2-3H3,(H,22,29)(H,23,26). The second-order valence-electron chi connectivity index (χ2n) is 6.84. The van der Waals surface area contributed by atoms with Crippen molar-refractivity contribution in [3.8, 4) is 0 Å². The summed E-state index contributed by atoms with van der Waals surface area (Å²) in [7, 11) is 0. The highest BCUT2D eigenvalue weighted by molar-refractivity contribution is 7.99. The third-order valence-corrected chi connectivity index (χ3v) is 5.94.